The van der Waals surface area contributed by atoms with E-state index in [0.29, 0.717) is 22.9 Å². The van der Waals surface area contributed by atoms with Gasteiger partial charge in [0, 0.05) is 15.6 Å². The van der Waals surface area contributed by atoms with Crippen LogP contribution in [-0.2, 0) is 22.4 Å². The lowest BCUT2D eigenvalue weighted by molar-refractivity contribution is -0.114. The van der Waals surface area contributed by atoms with Gasteiger partial charge in [0.1, 0.15) is 5.00 Å². The van der Waals surface area contributed by atoms with E-state index in [4.69, 9.17) is 16.3 Å². The van der Waals surface area contributed by atoms with E-state index >= 15 is 0 Å². The number of fused-ring (bicyclic) bond motifs is 1. The van der Waals surface area contributed by atoms with E-state index in [1.165, 1.54) is 4.88 Å². The second-order valence-electron chi connectivity index (χ2n) is 6.04. The van der Waals surface area contributed by atoms with Gasteiger partial charge in [-0.05, 0) is 62.4 Å². The minimum Gasteiger partial charge on any atom is -0.462 e. The molecule has 0 atom stereocenters. The van der Waals surface area contributed by atoms with Gasteiger partial charge >= 0.3 is 5.97 Å². The summed E-state index contributed by atoms with van der Waals surface area (Å²) in [6, 6.07) is 6.93. The molecule has 0 bridgehead atoms. The van der Waals surface area contributed by atoms with Crippen LogP contribution in [0.5, 0.6) is 0 Å². The molecule has 0 unspecified atom stereocenters. The van der Waals surface area contributed by atoms with Crippen LogP contribution in [-0.4, -0.2) is 25.0 Å². The van der Waals surface area contributed by atoms with Crippen LogP contribution in [0.2, 0.25) is 5.02 Å². The lowest BCUT2D eigenvalue weighted by Gasteiger charge is -2.12. The van der Waals surface area contributed by atoms with E-state index in [1.54, 1.807) is 42.5 Å². The maximum absolute atomic E-state index is 12.4. The zero-order valence-electron chi connectivity index (χ0n) is 14.6. The Bertz CT molecular complexity index is 802. The zero-order chi connectivity index (χ0) is 18.5. The van der Waals surface area contributed by atoms with Crippen LogP contribution in [0.4, 0.5) is 10.7 Å². The molecule has 2 aromatic rings. The van der Waals surface area contributed by atoms with Crippen molar-refractivity contribution in [2.75, 3.05) is 23.8 Å². The van der Waals surface area contributed by atoms with E-state index in [0.717, 1.165) is 36.2 Å². The Balaban J connectivity index is 1.70. The largest absolute Gasteiger partial charge is 0.462 e. The summed E-state index contributed by atoms with van der Waals surface area (Å²) in [6.07, 6.45) is 4.07. The number of aryl methyl sites for hydroxylation is 1. The third-order valence-electron chi connectivity index (χ3n) is 4.19. The summed E-state index contributed by atoms with van der Waals surface area (Å²) in [6.45, 7) is 2.21. The summed E-state index contributed by atoms with van der Waals surface area (Å²) in [7, 11) is 0. The molecule has 5 nitrogen and oxygen atoms in total. The third-order valence-corrected chi connectivity index (χ3v) is 5.69. The monoisotopic (exact) mass is 392 g/mol. The molecule has 1 aliphatic rings. The number of ether oxygens (including phenoxy) is 1. The van der Waals surface area contributed by atoms with E-state index < -0.39 is 0 Å². The van der Waals surface area contributed by atoms with Gasteiger partial charge in [-0.3, -0.25) is 4.79 Å². The van der Waals surface area contributed by atoms with E-state index in [9.17, 15) is 9.59 Å². The summed E-state index contributed by atoms with van der Waals surface area (Å²) in [5.74, 6) is -0.499. The number of anilines is 2. The molecule has 1 aliphatic carbocycles. The van der Waals surface area contributed by atoms with E-state index in [2.05, 4.69) is 10.6 Å². The fourth-order valence-electron chi connectivity index (χ4n) is 3.01. The summed E-state index contributed by atoms with van der Waals surface area (Å²) in [5, 5.41) is 7.26. The lowest BCUT2D eigenvalue weighted by Crippen LogP contribution is -2.22. The first-order valence-corrected chi connectivity index (χ1v) is 9.89. The molecule has 1 aromatic carbocycles. The first-order chi connectivity index (χ1) is 12.6. The number of rotatable bonds is 6. The molecule has 3 rings (SSSR count). The van der Waals surface area contributed by atoms with Crippen molar-refractivity contribution in [1.29, 1.82) is 0 Å². The number of esters is 1. The Kier molecular flexibility index (Phi) is 6.16. The van der Waals surface area contributed by atoms with Gasteiger partial charge in [-0.2, -0.15) is 0 Å². The van der Waals surface area contributed by atoms with Gasteiger partial charge in [0.2, 0.25) is 5.91 Å². The molecule has 138 valence electrons. The maximum Gasteiger partial charge on any atom is 0.341 e. The first kappa shape index (κ1) is 18.7. The number of carbonyl (C=O) groups is 2. The second-order valence-corrected chi connectivity index (χ2v) is 7.59. The number of benzene rings is 1. The third kappa shape index (κ3) is 4.37. The highest BCUT2D eigenvalue weighted by Crippen LogP contribution is 2.38. The molecule has 0 aliphatic heterocycles. The Morgan fingerprint density at radius 1 is 1.19 bits per heavy atom. The van der Waals surface area contributed by atoms with Crippen molar-refractivity contribution < 1.29 is 14.3 Å². The van der Waals surface area contributed by atoms with Crippen molar-refractivity contribution in [3.8, 4) is 0 Å². The van der Waals surface area contributed by atoms with Crippen molar-refractivity contribution >= 4 is 45.5 Å². The standard InChI is InChI=1S/C19H21ClN2O3S/c1-2-25-19(24)17-14-5-3-4-6-15(14)26-18(17)21-11-16(23)22-13-9-7-12(20)8-10-13/h7-10,21H,2-6,11H2,1H3,(H,22,23). The van der Waals surface area contributed by atoms with Crippen LogP contribution < -0.4 is 10.6 Å². The van der Waals surface area contributed by atoms with Crippen molar-refractivity contribution in [1.82, 2.24) is 0 Å². The van der Waals surface area contributed by atoms with E-state index in [1.807, 2.05) is 0 Å². The van der Waals surface area contributed by atoms with Gasteiger partial charge in [-0.1, -0.05) is 11.6 Å². The average molecular weight is 393 g/mol. The predicted octanol–water partition coefficient (Wildman–Crippen LogP) is 4.51. The molecule has 0 saturated heterocycles. The Hall–Kier alpha value is -2.05. The maximum atomic E-state index is 12.4. The molecule has 0 fully saturated rings. The van der Waals surface area contributed by atoms with Crippen molar-refractivity contribution in [2.24, 2.45) is 0 Å². The number of hydrogen-bond acceptors (Lipinski definition) is 5. The molecule has 1 aromatic heterocycles. The van der Waals surface area contributed by atoms with Gasteiger partial charge in [0.25, 0.3) is 0 Å². The fraction of sp³-hybridized carbons (Fsp3) is 0.368. The van der Waals surface area contributed by atoms with Crippen molar-refractivity contribution in [2.45, 2.75) is 32.6 Å². The highest BCUT2D eigenvalue weighted by molar-refractivity contribution is 7.16. The molecule has 1 amide bonds. The molecule has 0 saturated carbocycles. The Labute approximate surface area is 161 Å². The average Bonchev–Trinajstić information content (AvgIpc) is 3.00. The predicted molar refractivity (Wildman–Crippen MR) is 105 cm³/mol. The van der Waals surface area contributed by atoms with Crippen LogP contribution in [0.1, 0.15) is 40.6 Å². The molecule has 0 spiro atoms. The van der Waals surface area contributed by atoms with E-state index in [-0.39, 0.29) is 18.4 Å². The number of amides is 1. The molecular weight excluding hydrogens is 372 g/mol. The summed E-state index contributed by atoms with van der Waals surface area (Å²) in [4.78, 5) is 25.8. The normalized spacial score (nSPS) is 13.0. The Morgan fingerprint density at radius 2 is 1.92 bits per heavy atom. The highest BCUT2D eigenvalue weighted by atomic mass is 35.5. The fourth-order valence-corrected chi connectivity index (χ4v) is 4.41. The minimum atomic E-state index is -0.312. The molecule has 0 radical (unpaired) electrons. The highest BCUT2D eigenvalue weighted by Gasteiger charge is 2.26. The number of halogens is 1. The molecule has 26 heavy (non-hydrogen) atoms. The number of hydrogen-bond donors (Lipinski definition) is 2. The lowest BCUT2D eigenvalue weighted by atomic mass is 9.95. The zero-order valence-corrected chi connectivity index (χ0v) is 16.1. The SMILES string of the molecule is CCOC(=O)c1c(NCC(=O)Nc2ccc(Cl)cc2)sc2c1CCCC2. The minimum absolute atomic E-state index is 0.0778. The molecule has 2 N–H and O–H groups in total. The first-order valence-electron chi connectivity index (χ1n) is 8.69. The van der Waals surface area contributed by atoms with Crippen LogP contribution in [0.3, 0.4) is 0 Å². The topological polar surface area (TPSA) is 67.4 Å². The number of thiophene rings is 1. The number of carbonyl (C=O) groups excluding carboxylic acids is 2. The summed E-state index contributed by atoms with van der Waals surface area (Å²) < 4.78 is 5.22. The summed E-state index contributed by atoms with van der Waals surface area (Å²) >= 11 is 7.40. The smallest absolute Gasteiger partial charge is 0.341 e. The van der Waals surface area contributed by atoms with Crippen LogP contribution in [0, 0.1) is 0 Å². The number of nitrogens with one attached hydrogen (secondary N) is 2. The van der Waals surface area contributed by atoms with Crippen molar-refractivity contribution in [3.63, 3.8) is 0 Å². The van der Waals surface area contributed by atoms with Gasteiger partial charge in [0.15, 0.2) is 0 Å². The van der Waals surface area contributed by atoms with Crippen LogP contribution >= 0.6 is 22.9 Å². The van der Waals surface area contributed by atoms with Crippen LogP contribution in [0.25, 0.3) is 0 Å². The van der Waals surface area contributed by atoms with Gasteiger partial charge in [0.05, 0.1) is 18.7 Å². The summed E-state index contributed by atoms with van der Waals surface area (Å²) in [5.41, 5.74) is 2.36. The molecule has 7 heteroatoms. The quantitative estimate of drug-likeness (QED) is 0.710. The van der Waals surface area contributed by atoms with Gasteiger partial charge < -0.3 is 15.4 Å². The molecular formula is C19H21ClN2O3S. The van der Waals surface area contributed by atoms with Crippen molar-refractivity contribution in [3.05, 3.63) is 45.3 Å². The van der Waals surface area contributed by atoms with Gasteiger partial charge in [-0.25, -0.2) is 4.79 Å². The Morgan fingerprint density at radius 3 is 2.65 bits per heavy atom. The van der Waals surface area contributed by atoms with Gasteiger partial charge in [-0.15, -0.1) is 11.3 Å². The second kappa shape index (κ2) is 8.56. The molecule has 1 heterocycles. The van der Waals surface area contributed by atoms with Crippen LogP contribution in [0.15, 0.2) is 24.3 Å².